The summed E-state index contributed by atoms with van der Waals surface area (Å²) in [5.41, 5.74) is 0.895. The SMILES string of the molecule is CCOc1cc(/C=C2\C(=O)NC(=S)N(c3cccc(Cl)c3Cl)C2=O)c(Br)cc1OCc1ccccc1F. The molecule has 0 unspecified atom stereocenters. The van der Waals surface area contributed by atoms with Gasteiger partial charge >= 0.3 is 0 Å². The van der Waals surface area contributed by atoms with Crippen molar-refractivity contribution in [2.24, 2.45) is 0 Å². The second-order valence-electron chi connectivity index (χ2n) is 7.66. The summed E-state index contributed by atoms with van der Waals surface area (Å²) in [5, 5.41) is 2.73. The van der Waals surface area contributed by atoms with E-state index in [4.69, 9.17) is 44.9 Å². The van der Waals surface area contributed by atoms with Crippen molar-refractivity contribution in [1.29, 1.82) is 0 Å². The Hall–Kier alpha value is -2.98. The van der Waals surface area contributed by atoms with Crippen molar-refractivity contribution in [2.45, 2.75) is 13.5 Å². The van der Waals surface area contributed by atoms with Crippen molar-refractivity contribution in [1.82, 2.24) is 5.32 Å². The van der Waals surface area contributed by atoms with Crippen molar-refractivity contribution in [3.05, 3.63) is 91.6 Å². The summed E-state index contributed by atoms with van der Waals surface area (Å²) < 4.78 is 26.1. The molecule has 1 fully saturated rings. The highest BCUT2D eigenvalue weighted by molar-refractivity contribution is 9.10. The van der Waals surface area contributed by atoms with Crippen LogP contribution in [0, 0.1) is 5.82 Å². The molecule has 190 valence electrons. The highest BCUT2D eigenvalue weighted by Crippen LogP contribution is 2.37. The third kappa shape index (κ3) is 5.80. The van der Waals surface area contributed by atoms with Crippen LogP contribution in [-0.4, -0.2) is 23.5 Å². The zero-order valence-electron chi connectivity index (χ0n) is 19.2. The number of amides is 2. The molecule has 3 aromatic rings. The average Bonchev–Trinajstić information content (AvgIpc) is 2.85. The fourth-order valence-electron chi connectivity index (χ4n) is 3.51. The third-order valence-corrected chi connectivity index (χ3v) is 7.06. The van der Waals surface area contributed by atoms with E-state index in [-0.39, 0.29) is 38.8 Å². The molecule has 0 bridgehead atoms. The maximum absolute atomic E-state index is 14.0. The molecular weight excluding hydrogens is 606 g/mol. The van der Waals surface area contributed by atoms with Crippen LogP contribution in [0.1, 0.15) is 18.1 Å². The largest absolute Gasteiger partial charge is 0.490 e. The Morgan fingerprint density at radius 2 is 1.81 bits per heavy atom. The van der Waals surface area contributed by atoms with Crippen molar-refractivity contribution in [3.8, 4) is 11.5 Å². The molecule has 0 spiro atoms. The van der Waals surface area contributed by atoms with E-state index in [1.807, 2.05) is 0 Å². The lowest BCUT2D eigenvalue weighted by molar-refractivity contribution is -0.122. The number of hydrogen-bond donors (Lipinski definition) is 1. The van der Waals surface area contributed by atoms with Gasteiger partial charge in [0, 0.05) is 10.0 Å². The van der Waals surface area contributed by atoms with Crippen LogP contribution in [0.4, 0.5) is 10.1 Å². The van der Waals surface area contributed by atoms with Gasteiger partial charge in [0.25, 0.3) is 11.8 Å². The minimum Gasteiger partial charge on any atom is -0.490 e. The van der Waals surface area contributed by atoms with Crippen molar-refractivity contribution in [2.75, 3.05) is 11.5 Å². The molecule has 0 atom stereocenters. The lowest BCUT2D eigenvalue weighted by Gasteiger charge is -2.29. The maximum Gasteiger partial charge on any atom is 0.270 e. The molecule has 3 aromatic carbocycles. The molecule has 0 aliphatic carbocycles. The van der Waals surface area contributed by atoms with E-state index in [1.54, 1.807) is 55.5 Å². The van der Waals surface area contributed by atoms with Gasteiger partial charge in [-0.25, -0.2) is 4.39 Å². The van der Waals surface area contributed by atoms with Crippen LogP contribution in [0.2, 0.25) is 10.0 Å². The van der Waals surface area contributed by atoms with E-state index in [9.17, 15) is 14.0 Å². The van der Waals surface area contributed by atoms with Gasteiger partial charge in [0.05, 0.1) is 22.3 Å². The standard InChI is InChI=1S/C26H18BrCl2FN2O4S/c1-2-35-21-11-15(17(27)12-22(21)36-13-14-6-3-4-8-19(14)30)10-16-24(33)31-26(37)32(25(16)34)20-9-5-7-18(28)23(20)29/h3-12H,2,13H2,1H3,(H,31,33,37)/b16-10+. The summed E-state index contributed by atoms with van der Waals surface area (Å²) >= 11 is 21.1. The third-order valence-electron chi connectivity index (χ3n) is 5.28. The predicted molar refractivity (Wildman–Crippen MR) is 149 cm³/mol. The van der Waals surface area contributed by atoms with E-state index in [1.165, 1.54) is 12.1 Å². The smallest absolute Gasteiger partial charge is 0.270 e. The van der Waals surface area contributed by atoms with Crippen molar-refractivity contribution >= 4 is 80.0 Å². The molecule has 2 amide bonds. The number of anilines is 1. The normalized spacial score (nSPS) is 14.7. The Balaban J connectivity index is 1.69. The minimum atomic E-state index is -0.678. The number of carbonyl (C=O) groups excluding carboxylic acids is 2. The van der Waals surface area contributed by atoms with Gasteiger partial charge in [0.1, 0.15) is 18.0 Å². The number of halogens is 4. The van der Waals surface area contributed by atoms with Crippen molar-refractivity contribution < 1.29 is 23.5 Å². The highest BCUT2D eigenvalue weighted by atomic mass is 79.9. The molecule has 6 nitrogen and oxygen atoms in total. The molecule has 37 heavy (non-hydrogen) atoms. The summed E-state index contributed by atoms with van der Waals surface area (Å²) in [5.74, 6) is -1.03. The van der Waals surface area contributed by atoms with E-state index < -0.39 is 11.8 Å². The first-order valence-corrected chi connectivity index (χ1v) is 12.8. The van der Waals surface area contributed by atoms with Gasteiger partial charge in [-0.05, 0) is 61.1 Å². The number of hydrogen-bond acceptors (Lipinski definition) is 5. The molecule has 1 N–H and O–H groups in total. The monoisotopic (exact) mass is 622 g/mol. The summed E-state index contributed by atoms with van der Waals surface area (Å²) in [6, 6.07) is 14.3. The topological polar surface area (TPSA) is 67.9 Å². The van der Waals surface area contributed by atoms with E-state index in [0.717, 1.165) is 4.90 Å². The first-order chi connectivity index (χ1) is 17.7. The summed E-state index contributed by atoms with van der Waals surface area (Å²) in [6.07, 6.45) is 1.40. The fraction of sp³-hybridized carbons (Fsp3) is 0.115. The minimum absolute atomic E-state index is 0.0205. The quantitative estimate of drug-likeness (QED) is 0.180. The molecule has 1 aliphatic rings. The summed E-state index contributed by atoms with van der Waals surface area (Å²) in [6.45, 7) is 2.10. The number of nitrogens with zero attached hydrogens (tertiary/aromatic N) is 1. The molecule has 0 saturated carbocycles. The second-order valence-corrected chi connectivity index (χ2v) is 9.69. The maximum atomic E-state index is 14.0. The van der Waals surface area contributed by atoms with Crippen LogP contribution in [0.15, 0.2) is 64.6 Å². The van der Waals surface area contributed by atoms with Gasteiger partial charge in [0.15, 0.2) is 16.6 Å². The van der Waals surface area contributed by atoms with Crippen LogP contribution in [0.25, 0.3) is 6.08 Å². The number of ether oxygens (including phenoxy) is 2. The Labute approximate surface area is 236 Å². The number of rotatable bonds is 7. The highest BCUT2D eigenvalue weighted by Gasteiger charge is 2.36. The van der Waals surface area contributed by atoms with E-state index in [2.05, 4.69) is 21.2 Å². The molecule has 11 heteroatoms. The Morgan fingerprint density at radius 1 is 1.08 bits per heavy atom. The van der Waals surface area contributed by atoms with E-state index >= 15 is 0 Å². The number of carbonyl (C=O) groups is 2. The second kappa shape index (κ2) is 11.6. The molecule has 1 saturated heterocycles. The molecule has 4 rings (SSSR count). The number of thiocarbonyl (C=S) groups is 1. The Kier molecular flexibility index (Phi) is 8.49. The van der Waals surface area contributed by atoms with Gasteiger partial charge in [-0.15, -0.1) is 0 Å². The van der Waals surface area contributed by atoms with Crippen LogP contribution in [0.3, 0.4) is 0 Å². The number of benzene rings is 3. The summed E-state index contributed by atoms with van der Waals surface area (Å²) in [7, 11) is 0. The van der Waals surface area contributed by atoms with Gasteiger partial charge in [-0.2, -0.15) is 0 Å². The van der Waals surface area contributed by atoms with Crippen LogP contribution < -0.4 is 19.7 Å². The average molecular weight is 624 g/mol. The molecule has 1 aliphatic heterocycles. The van der Waals surface area contributed by atoms with Crippen LogP contribution in [0.5, 0.6) is 11.5 Å². The van der Waals surface area contributed by atoms with Crippen LogP contribution >= 0.6 is 51.3 Å². The Morgan fingerprint density at radius 3 is 2.54 bits per heavy atom. The Bertz CT molecular complexity index is 1450. The molecule has 0 radical (unpaired) electrons. The van der Waals surface area contributed by atoms with Gasteiger partial charge in [-0.1, -0.05) is 63.4 Å². The van der Waals surface area contributed by atoms with Gasteiger partial charge in [0.2, 0.25) is 0 Å². The fourth-order valence-corrected chi connectivity index (χ4v) is 4.60. The van der Waals surface area contributed by atoms with Crippen molar-refractivity contribution in [3.63, 3.8) is 0 Å². The van der Waals surface area contributed by atoms with Crippen LogP contribution in [-0.2, 0) is 16.2 Å². The summed E-state index contributed by atoms with van der Waals surface area (Å²) in [4.78, 5) is 27.3. The zero-order chi connectivity index (χ0) is 26.7. The molecule has 0 aromatic heterocycles. The van der Waals surface area contributed by atoms with E-state index in [0.29, 0.717) is 33.7 Å². The number of nitrogens with one attached hydrogen (secondary N) is 1. The molecule has 1 heterocycles. The lowest BCUT2D eigenvalue weighted by Crippen LogP contribution is -2.54. The first kappa shape index (κ1) is 27.1. The van der Waals surface area contributed by atoms with Gasteiger partial charge in [-0.3, -0.25) is 19.8 Å². The molecular formula is C26H18BrCl2FN2O4S. The zero-order valence-corrected chi connectivity index (χ0v) is 23.1. The first-order valence-electron chi connectivity index (χ1n) is 10.9. The lowest BCUT2D eigenvalue weighted by atomic mass is 10.1. The predicted octanol–water partition coefficient (Wildman–Crippen LogP) is 6.70. The van der Waals surface area contributed by atoms with Gasteiger partial charge < -0.3 is 9.47 Å².